The van der Waals surface area contributed by atoms with Crippen LogP contribution in [-0.4, -0.2) is 5.78 Å². The lowest BCUT2D eigenvalue weighted by molar-refractivity contribution is 0.0978. The van der Waals surface area contributed by atoms with Gasteiger partial charge in [-0.1, -0.05) is 35.9 Å². The molecule has 2 heteroatoms. The Balaban J connectivity index is 2.46. The predicted molar refractivity (Wildman–Crippen MR) is 84.5 cm³/mol. The van der Waals surface area contributed by atoms with Crippen LogP contribution in [0.2, 0.25) is 0 Å². The van der Waals surface area contributed by atoms with E-state index in [4.69, 9.17) is 0 Å². The minimum Gasteiger partial charge on any atom is -0.292 e. The summed E-state index contributed by atoms with van der Waals surface area (Å²) in [6, 6.07) is 13.7. The third kappa shape index (κ3) is 3.03. The van der Waals surface area contributed by atoms with Gasteiger partial charge in [-0.2, -0.15) is 5.26 Å². The molecule has 0 spiro atoms. The normalized spacial score (nSPS) is 11.8. The van der Waals surface area contributed by atoms with Crippen molar-refractivity contribution in [2.45, 2.75) is 33.6 Å². The lowest BCUT2D eigenvalue weighted by atomic mass is 9.88. The van der Waals surface area contributed by atoms with Gasteiger partial charge in [0, 0.05) is 5.56 Å². The summed E-state index contributed by atoms with van der Waals surface area (Å²) in [6.45, 7) is 7.87. The number of carbonyl (C=O) groups is 1. The van der Waals surface area contributed by atoms with Crippen molar-refractivity contribution in [1.29, 1.82) is 5.26 Å². The van der Waals surface area contributed by atoms with E-state index in [1.807, 2.05) is 64.1 Å². The number of ketones is 1. The van der Waals surface area contributed by atoms with E-state index in [1.54, 1.807) is 0 Å². The monoisotopic (exact) mass is 277 g/mol. The van der Waals surface area contributed by atoms with E-state index in [0.717, 1.165) is 27.8 Å². The highest BCUT2D eigenvalue weighted by molar-refractivity contribution is 6.04. The number of rotatable bonds is 3. The van der Waals surface area contributed by atoms with Gasteiger partial charge in [-0.25, -0.2) is 0 Å². The van der Waals surface area contributed by atoms with Crippen LogP contribution in [0, 0.1) is 39.0 Å². The zero-order chi connectivity index (χ0) is 15.6. The summed E-state index contributed by atoms with van der Waals surface area (Å²) in [6.07, 6.45) is 0. The number of benzene rings is 2. The first-order valence-electron chi connectivity index (χ1n) is 7.02. The Morgan fingerprint density at radius 3 is 2.24 bits per heavy atom. The summed E-state index contributed by atoms with van der Waals surface area (Å²) in [7, 11) is 0. The van der Waals surface area contributed by atoms with E-state index in [2.05, 4.69) is 6.07 Å². The SMILES string of the molecule is Cc1ccc(C)c(C(=O)C(C#N)c2ccc(C)c(C)c2)c1. The first-order valence-corrected chi connectivity index (χ1v) is 7.02. The van der Waals surface area contributed by atoms with Gasteiger partial charge in [-0.05, 0) is 56.0 Å². The van der Waals surface area contributed by atoms with E-state index in [9.17, 15) is 10.1 Å². The van der Waals surface area contributed by atoms with Crippen LogP contribution in [0.4, 0.5) is 0 Å². The lowest BCUT2D eigenvalue weighted by Crippen LogP contribution is -2.13. The van der Waals surface area contributed by atoms with Crippen LogP contribution >= 0.6 is 0 Å². The minimum atomic E-state index is -0.746. The van der Waals surface area contributed by atoms with Crippen molar-refractivity contribution in [3.8, 4) is 6.07 Å². The molecule has 0 bridgehead atoms. The number of aryl methyl sites for hydroxylation is 4. The molecule has 2 aromatic rings. The van der Waals surface area contributed by atoms with E-state index in [1.165, 1.54) is 0 Å². The van der Waals surface area contributed by atoms with Crippen molar-refractivity contribution in [3.63, 3.8) is 0 Å². The fourth-order valence-electron chi connectivity index (χ4n) is 2.39. The number of Topliss-reactive ketones (excluding diaryl/α,β-unsaturated/α-hetero) is 1. The molecule has 0 aliphatic heterocycles. The molecule has 0 N–H and O–H groups in total. The topological polar surface area (TPSA) is 40.9 Å². The third-order valence-corrected chi connectivity index (χ3v) is 3.91. The Labute approximate surface area is 126 Å². The molecular formula is C19H19NO. The summed E-state index contributed by atoms with van der Waals surface area (Å²) in [5.41, 5.74) is 5.61. The van der Waals surface area contributed by atoms with Gasteiger partial charge in [-0.15, -0.1) is 0 Å². The maximum atomic E-state index is 12.7. The van der Waals surface area contributed by atoms with Crippen molar-refractivity contribution in [2.24, 2.45) is 0 Å². The molecule has 0 amide bonds. The van der Waals surface area contributed by atoms with Crippen molar-refractivity contribution < 1.29 is 4.79 Å². The first kappa shape index (κ1) is 15.0. The van der Waals surface area contributed by atoms with Gasteiger partial charge >= 0.3 is 0 Å². The van der Waals surface area contributed by atoms with Gasteiger partial charge in [0.05, 0.1) is 6.07 Å². The predicted octanol–water partition coefficient (Wildman–Crippen LogP) is 4.41. The van der Waals surface area contributed by atoms with Crippen molar-refractivity contribution in [2.75, 3.05) is 0 Å². The molecular weight excluding hydrogens is 258 g/mol. The fraction of sp³-hybridized carbons (Fsp3) is 0.263. The van der Waals surface area contributed by atoms with Gasteiger partial charge < -0.3 is 0 Å². The zero-order valence-electron chi connectivity index (χ0n) is 12.9. The number of hydrogen-bond acceptors (Lipinski definition) is 2. The molecule has 0 aliphatic carbocycles. The molecule has 0 radical (unpaired) electrons. The molecule has 0 aromatic heterocycles. The molecule has 0 heterocycles. The van der Waals surface area contributed by atoms with Crippen LogP contribution in [0.25, 0.3) is 0 Å². The number of nitriles is 1. The van der Waals surface area contributed by atoms with Gasteiger partial charge in [0.15, 0.2) is 5.78 Å². The van der Waals surface area contributed by atoms with Crippen LogP contribution < -0.4 is 0 Å². The van der Waals surface area contributed by atoms with Gasteiger partial charge in [0.2, 0.25) is 0 Å². The highest BCUT2D eigenvalue weighted by atomic mass is 16.1. The number of carbonyl (C=O) groups excluding carboxylic acids is 1. The number of nitrogens with zero attached hydrogens (tertiary/aromatic N) is 1. The average molecular weight is 277 g/mol. The van der Waals surface area contributed by atoms with Crippen LogP contribution in [-0.2, 0) is 0 Å². The summed E-state index contributed by atoms with van der Waals surface area (Å²) in [5, 5.41) is 9.46. The molecule has 0 fully saturated rings. The Morgan fingerprint density at radius 1 is 0.952 bits per heavy atom. The molecule has 21 heavy (non-hydrogen) atoms. The number of hydrogen-bond donors (Lipinski definition) is 0. The second-order valence-electron chi connectivity index (χ2n) is 5.59. The van der Waals surface area contributed by atoms with Crippen molar-refractivity contribution >= 4 is 5.78 Å². The third-order valence-electron chi connectivity index (χ3n) is 3.91. The van der Waals surface area contributed by atoms with Gasteiger partial charge in [0.1, 0.15) is 5.92 Å². The first-order chi connectivity index (χ1) is 9.93. The molecule has 1 unspecified atom stereocenters. The fourth-order valence-corrected chi connectivity index (χ4v) is 2.39. The standard InChI is InChI=1S/C19H19NO/c1-12-5-6-14(3)17(9-12)19(21)18(11-20)16-8-7-13(2)15(4)10-16/h5-10,18H,1-4H3. The Kier molecular flexibility index (Phi) is 4.23. The average Bonchev–Trinajstić information content (AvgIpc) is 2.46. The molecule has 2 nitrogen and oxygen atoms in total. The van der Waals surface area contributed by atoms with E-state index >= 15 is 0 Å². The van der Waals surface area contributed by atoms with E-state index < -0.39 is 5.92 Å². The highest BCUT2D eigenvalue weighted by Crippen LogP contribution is 2.24. The van der Waals surface area contributed by atoms with Crippen LogP contribution in [0.1, 0.15) is 44.1 Å². The quantitative estimate of drug-likeness (QED) is 0.780. The second kappa shape index (κ2) is 5.93. The maximum Gasteiger partial charge on any atom is 0.184 e. The Morgan fingerprint density at radius 2 is 1.62 bits per heavy atom. The largest absolute Gasteiger partial charge is 0.292 e. The van der Waals surface area contributed by atoms with Crippen LogP contribution in [0.15, 0.2) is 36.4 Å². The summed E-state index contributed by atoms with van der Waals surface area (Å²) < 4.78 is 0. The highest BCUT2D eigenvalue weighted by Gasteiger charge is 2.23. The molecule has 106 valence electrons. The summed E-state index contributed by atoms with van der Waals surface area (Å²) in [5.74, 6) is -0.869. The maximum absolute atomic E-state index is 12.7. The van der Waals surface area contributed by atoms with Crippen molar-refractivity contribution in [3.05, 3.63) is 69.8 Å². The molecule has 2 aromatic carbocycles. The molecule has 0 saturated carbocycles. The summed E-state index contributed by atoms with van der Waals surface area (Å²) in [4.78, 5) is 12.7. The Hall–Kier alpha value is -2.40. The van der Waals surface area contributed by atoms with E-state index in [-0.39, 0.29) is 5.78 Å². The van der Waals surface area contributed by atoms with Crippen LogP contribution in [0.3, 0.4) is 0 Å². The zero-order valence-corrected chi connectivity index (χ0v) is 12.9. The lowest BCUT2D eigenvalue weighted by Gasteiger charge is -2.13. The minimum absolute atomic E-state index is 0.123. The van der Waals surface area contributed by atoms with Gasteiger partial charge in [0.25, 0.3) is 0 Å². The smallest absolute Gasteiger partial charge is 0.184 e. The second-order valence-corrected chi connectivity index (χ2v) is 5.59. The molecule has 2 rings (SSSR count). The summed E-state index contributed by atoms with van der Waals surface area (Å²) >= 11 is 0. The van der Waals surface area contributed by atoms with Crippen LogP contribution in [0.5, 0.6) is 0 Å². The van der Waals surface area contributed by atoms with E-state index in [0.29, 0.717) is 5.56 Å². The Bertz CT molecular complexity index is 738. The van der Waals surface area contributed by atoms with Gasteiger partial charge in [-0.3, -0.25) is 4.79 Å². The molecule has 0 saturated heterocycles. The van der Waals surface area contributed by atoms with Crippen molar-refractivity contribution in [1.82, 2.24) is 0 Å². The molecule has 0 aliphatic rings. The molecule has 1 atom stereocenters.